The lowest BCUT2D eigenvalue weighted by molar-refractivity contribution is -0.113. The second-order valence-electron chi connectivity index (χ2n) is 7.97. The smallest absolute Gasteiger partial charge is 0.272 e. The maximum atomic E-state index is 13.3. The van der Waals surface area contributed by atoms with Crippen LogP contribution in [0.2, 0.25) is 0 Å². The number of anilines is 1. The average Bonchev–Trinajstić information content (AvgIpc) is 3.19. The zero-order valence-electron chi connectivity index (χ0n) is 18.3. The number of ether oxygens (including phenoxy) is 2. The van der Waals surface area contributed by atoms with E-state index >= 15 is 0 Å². The molecule has 1 N–H and O–H groups in total. The van der Waals surface area contributed by atoms with E-state index in [4.69, 9.17) is 14.5 Å². The molecule has 1 atom stereocenters. The number of amides is 1. The highest BCUT2D eigenvalue weighted by Crippen LogP contribution is 2.35. The van der Waals surface area contributed by atoms with Gasteiger partial charge in [-0.05, 0) is 31.2 Å². The van der Waals surface area contributed by atoms with Crippen molar-refractivity contribution in [3.63, 3.8) is 0 Å². The summed E-state index contributed by atoms with van der Waals surface area (Å²) < 4.78 is 12.7. The van der Waals surface area contributed by atoms with Crippen molar-refractivity contribution in [1.82, 2.24) is 9.55 Å². The Morgan fingerprint density at radius 3 is 2.73 bits per heavy atom. The summed E-state index contributed by atoms with van der Waals surface area (Å²) in [6.45, 7) is 5.10. The molecule has 0 saturated carbocycles. The summed E-state index contributed by atoms with van der Waals surface area (Å²) in [4.78, 5) is 31.5. The molecule has 2 aromatic carbocycles. The Morgan fingerprint density at radius 2 is 1.94 bits per heavy atom. The Balaban J connectivity index is 1.38. The van der Waals surface area contributed by atoms with Gasteiger partial charge in [0.05, 0.1) is 22.0 Å². The molecule has 0 radical (unpaired) electrons. The molecule has 2 aliphatic rings. The fourth-order valence-electron chi connectivity index (χ4n) is 3.77. The topological polar surface area (TPSA) is 82.5 Å². The number of hydrogen-bond donors (Lipinski definition) is 1. The minimum atomic E-state index is -0.190. The zero-order valence-corrected chi connectivity index (χ0v) is 19.9. The van der Waals surface area contributed by atoms with Crippen molar-refractivity contribution >= 4 is 35.1 Å². The monoisotopic (exact) mass is 481 g/mol. The first-order valence-corrected chi connectivity index (χ1v) is 12.6. The molecule has 1 amide bonds. The Hall–Kier alpha value is -2.91. The average molecular weight is 482 g/mol. The van der Waals surface area contributed by atoms with E-state index in [0.717, 1.165) is 23.4 Å². The van der Waals surface area contributed by atoms with Gasteiger partial charge in [0.1, 0.15) is 13.2 Å². The Labute approximate surface area is 199 Å². The van der Waals surface area contributed by atoms with Crippen LogP contribution in [0.5, 0.6) is 11.5 Å². The summed E-state index contributed by atoms with van der Waals surface area (Å²) >= 11 is 2.83. The van der Waals surface area contributed by atoms with Gasteiger partial charge in [-0.1, -0.05) is 36.4 Å². The fourth-order valence-corrected chi connectivity index (χ4v) is 5.69. The number of thioether (sulfide) groups is 2. The molecule has 33 heavy (non-hydrogen) atoms. The first-order chi connectivity index (χ1) is 16.0. The van der Waals surface area contributed by atoms with Gasteiger partial charge in [0.25, 0.3) is 5.56 Å². The van der Waals surface area contributed by atoms with Crippen LogP contribution in [0.25, 0.3) is 5.69 Å². The molecular formula is C24H23N3O4S2. The second-order valence-corrected chi connectivity index (χ2v) is 10.4. The molecule has 5 rings (SSSR count). The van der Waals surface area contributed by atoms with Crippen molar-refractivity contribution in [2.45, 2.75) is 35.6 Å². The normalized spacial score (nSPS) is 16.4. The highest BCUT2D eigenvalue weighted by atomic mass is 32.2. The highest BCUT2D eigenvalue weighted by Gasteiger charge is 2.27. The van der Waals surface area contributed by atoms with Crippen LogP contribution in [0.15, 0.2) is 57.3 Å². The van der Waals surface area contributed by atoms with Gasteiger partial charge in [0.2, 0.25) is 5.91 Å². The van der Waals surface area contributed by atoms with Gasteiger partial charge in [0.15, 0.2) is 16.7 Å². The van der Waals surface area contributed by atoms with Gasteiger partial charge in [-0.25, -0.2) is 4.98 Å². The van der Waals surface area contributed by atoms with Crippen molar-refractivity contribution in [2.75, 3.05) is 24.3 Å². The number of rotatable bonds is 5. The molecule has 7 nitrogen and oxygen atoms in total. The second kappa shape index (κ2) is 9.15. The van der Waals surface area contributed by atoms with E-state index in [9.17, 15) is 9.59 Å². The third kappa shape index (κ3) is 4.60. The molecule has 2 aliphatic heterocycles. The van der Waals surface area contributed by atoms with Crippen LogP contribution < -0.4 is 20.3 Å². The molecule has 0 aliphatic carbocycles. The summed E-state index contributed by atoms with van der Waals surface area (Å²) in [7, 11) is 0. The van der Waals surface area contributed by atoms with E-state index in [0.29, 0.717) is 45.7 Å². The van der Waals surface area contributed by atoms with E-state index in [1.807, 2.05) is 31.2 Å². The Kier molecular flexibility index (Phi) is 6.07. The van der Waals surface area contributed by atoms with Crippen molar-refractivity contribution in [3.8, 4) is 17.2 Å². The molecule has 3 heterocycles. The predicted octanol–water partition coefficient (Wildman–Crippen LogP) is 4.08. The molecule has 1 aromatic heterocycles. The lowest BCUT2D eigenvalue weighted by atomic mass is 10.2. The molecule has 0 bridgehead atoms. The minimum Gasteiger partial charge on any atom is -0.486 e. The summed E-state index contributed by atoms with van der Waals surface area (Å²) in [6.07, 6.45) is 0.751. The van der Waals surface area contributed by atoms with Crippen LogP contribution >= 0.6 is 23.5 Å². The first-order valence-electron chi connectivity index (χ1n) is 10.7. The van der Waals surface area contributed by atoms with Crippen LogP contribution in [-0.2, 0) is 11.2 Å². The molecule has 3 aromatic rings. The summed E-state index contributed by atoms with van der Waals surface area (Å²) in [5.41, 5.74) is 3.23. The van der Waals surface area contributed by atoms with Crippen LogP contribution in [0.3, 0.4) is 0 Å². The van der Waals surface area contributed by atoms with Gasteiger partial charge in [-0.2, -0.15) is 0 Å². The maximum absolute atomic E-state index is 13.3. The van der Waals surface area contributed by atoms with Gasteiger partial charge in [-0.15, -0.1) is 11.8 Å². The van der Waals surface area contributed by atoms with Crippen LogP contribution in [0.4, 0.5) is 5.69 Å². The van der Waals surface area contributed by atoms with Crippen molar-refractivity contribution in [1.29, 1.82) is 0 Å². The summed E-state index contributed by atoms with van der Waals surface area (Å²) in [5.74, 6) is 1.22. The number of nitrogens with zero attached hydrogens (tertiary/aromatic N) is 2. The Morgan fingerprint density at radius 1 is 1.18 bits per heavy atom. The maximum Gasteiger partial charge on any atom is 0.272 e. The number of hydrogen-bond acceptors (Lipinski definition) is 7. The third-order valence-corrected chi connectivity index (χ3v) is 7.49. The summed E-state index contributed by atoms with van der Waals surface area (Å²) in [6, 6.07) is 13.1. The van der Waals surface area contributed by atoms with Gasteiger partial charge >= 0.3 is 0 Å². The molecule has 9 heteroatoms. The number of carbonyl (C=O) groups is 1. The highest BCUT2D eigenvalue weighted by molar-refractivity contribution is 8.00. The molecule has 0 unspecified atom stereocenters. The molecule has 0 saturated heterocycles. The fraction of sp³-hybridized carbons (Fsp3) is 0.292. The lowest BCUT2D eigenvalue weighted by Crippen LogP contribution is -2.24. The number of aryl methyl sites for hydroxylation is 1. The first kappa shape index (κ1) is 21.9. The molecule has 170 valence electrons. The quantitative estimate of drug-likeness (QED) is 0.434. The SMILES string of the molecule is Cc1ccc(-n2c(SCC(=O)Nc3ccc4c(c3)OCCO4)nc3c(c2=O)S[C@@H](C)C3)cc1. The van der Waals surface area contributed by atoms with Gasteiger partial charge < -0.3 is 14.8 Å². The number of nitrogens with one attached hydrogen (secondary N) is 1. The number of benzene rings is 2. The molecular weight excluding hydrogens is 458 g/mol. The van der Waals surface area contributed by atoms with E-state index in [2.05, 4.69) is 12.2 Å². The molecule has 0 fully saturated rings. The van der Waals surface area contributed by atoms with Gasteiger partial charge in [0, 0.05) is 23.4 Å². The van der Waals surface area contributed by atoms with Crippen LogP contribution in [0, 0.1) is 6.92 Å². The lowest BCUT2D eigenvalue weighted by Gasteiger charge is -2.19. The van der Waals surface area contributed by atoms with E-state index in [1.165, 1.54) is 11.8 Å². The van der Waals surface area contributed by atoms with E-state index < -0.39 is 0 Å². The minimum absolute atomic E-state index is 0.0760. The van der Waals surface area contributed by atoms with Crippen molar-refractivity contribution in [3.05, 3.63) is 64.1 Å². The largest absolute Gasteiger partial charge is 0.486 e. The summed E-state index contributed by atoms with van der Waals surface area (Å²) in [5, 5.41) is 3.72. The standard InChI is InChI=1S/C24H23N3O4S2/c1-14-3-6-17(7-4-14)27-23(29)22-18(11-15(2)33-22)26-24(27)32-13-21(28)25-16-5-8-19-20(12-16)31-10-9-30-19/h3-8,12,15H,9-11,13H2,1-2H3,(H,25,28)/t15-/m0/s1. The van der Waals surface area contributed by atoms with E-state index in [-0.39, 0.29) is 17.2 Å². The number of aromatic nitrogens is 2. The molecule has 0 spiro atoms. The number of carbonyl (C=O) groups excluding carboxylic acids is 1. The van der Waals surface area contributed by atoms with E-state index in [1.54, 1.807) is 34.5 Å². The Bertz CT molecular complexity index is 1270. The van der Waals surface area contributed by atoms with Crippen molar-refractivity contribution < 1.29 is 14.3 Å². The zero-order chi connectivity index (χ0) is 22.9. The third-order valence-electron chi connectivity index (χ3n) is 5.33. The van der Waals surface area contributed by atoms with Crippen LogP contribution in [0.1, 0.15) is 18.2 Å². The van der Waals surface area contributed by atoms with Gasteiger partial charge in [-0.3, -0.25) is 14.2 Å². The number of fused-ring (bicyclic) bond motifs is 2. The van der Waals surface area contributed by atoms with Crippen LogP contribution in [-0.4, -0.2) is 39.7 Å². The van der Waals surface area contributed by atoms with Crippen molar-refractivity contribution in [2.24, 2.45) is 0 Å². The predicted molar refractivity (Wildman–Crippen MR) is 130 cm³/mol.